The first kappa shape index (κ1) is 22.2. The molecule has 0 saturated carbocycles. The van der Waals surface area contributed by atoms with Crippen molar-refractivity contribution in [2.75, 3.05) is 5.32 Å². The van der Waals surface area contributed by atoms with E-state index in [9.17, 15) is 0 Å². The molecule has 1 N–H and O–H groups in total. The first-order chi connectivity index (χ1) is 14.4. The van der Waals surface area contributed by atoms with Gasteiger partial charge in [-0.15, -0.1) is 6.58 Å². The lowest BCUT2D eigenvalue weighted by molar-refractivity contribution is 0.641. The zero-order valence-corrected chi connectivity index (χ0v) is 19.6. The number of hydrogen-bond donors (Lipinski definition) is 1. The average Bonchev–Trinajstić information content (AvgIpc) is 3.04. The van der Waals surface area contributed by atoms with Crippen LogP contribution in [0.1, 0.15) is 78.4 Å². The number of rotatable bonds is 4. The molecule has 0 saturated heterocycles. The standard InChI is InChI=1S/C26H29N.C3H8.H2/c1-7-10-13-18-19(8-2)26(5,6)20-14-11-12-17-15-22-23(25(18)24(17)20)16(4)21(9-3)27-22;1-3-2;/h7-12,14-16,21,27H,2-3,13H2,1,4-6H3;3H2,1-2H3;1H/b10-7-;;. The van der Waals surface area contributed by atoms with E-state index in [0.717, 1.165) is 6.42 Å². The molecule has 0 aromatic heterocycles. The van der Waals surface area contributed by atoms with Crippen LogP contribution in [0.25, 0.3) is 16.3 Å². The predicted octanol–water partition coefficient (Wildman–Crippen LogP) is 8.78. The van der Waals surface area contributed by atoms with Crippen molar-refractivity contribution in [3.8, 4) is 0 Å². The van der Waals surface area contributed by atoms with E-state index in [1.54, 1.807) is 0 Å². The molecule has 30 heavy (non-hydrogen) atoms. The lowest BCUT2D eigenvalue weighted by Gasteiger charge is -2.37. The van der Waals surface area contributed by atoms with Crippen LogP contribution in [0.5, 0.6) is 0 Å². The molecule has 160 valence electrons. The summed E-state index contributed by atoms with van der Waals surface area (Å²) in [7, 11) is 0. The molecule has 1 heterocycles. The lowest BCUT2D eigenvalue weighted by atomic mass is 9.66. The third-order valence-electron chi connectivity index (χ3n) is 6.51. The molecular weight excluding hydrogens is 362 g/mol. The van der Waals surface area contributed by atoms with Gasteiger partial charge in [-0.1, -0.05) is 90.1 Å². The number of anilines is 1. The van der Waals surface area contributed by atoms with Crippen LogP contribution in [0.3, 0.4) is 0 Å². The van der Waals surface area contributed by atoms with E-state index in [4.69, 9.17) is 0 Å². The molecule has 1 nitrogen and oxygen atoms in total. The summed E-state index contributed by atoms with van der Waals surface area (Å²) in [5.74, 6) is 0.401. The minimum atomic E-state index is -0.0491. The Morgan fingerprint density at radius 2 is 1.90 bits per heavy atom. The molecular formula is C29H39N. The van der Waals surface area contributed by atoms with Crippen LogP contribution in [0.4, 0.5) is 5.69 Å². The highest BCUT2D eigenvalue weighted by Crippen LogP contribution is 2.53. The van der Waals surface area contributed by atoms with Crippen molar-refractivity contribution in [2.24, 2.45) is 0 Å². The molecule has 0 spiro atoms. The van der Waals surface area contributed by atoms with Crippen molar-refractivity contribution >= 4 is 22.0 Å². The summed E-state index contributed by atoms with van der Waals surface area (Å²) in [6.45, 7) is 21.6. The summed E-state index contributed by atoms with van der Waals surface area (Å²) in [6, 6.07) is 9.35. The molecule has 1 aliphatic carbocycles. The van der Waals surface area contributed by atoms with Crippen molar-refractivity contribution in [3.63, 3.8) is 0 Å². The third kappa shape index (κ3) is 3.35. The van der Waals surface area contributed by atoms with Crippen LogP contribution in [-0.2, 0) is 5.41 Å². The molecule has 1 heteroatoms. The van der Waals surface area contributed by atoms with Crippen LogP contribution < -0.4 is 5.32 Å². The topological polar surface area (TPSA) is 12.0 Å². The maximum atomic E-state index is 4.21. The van der Waals surface area contributed by atoms with Gasteiger partial charge in [0.25, 0.3) is 0 Å². The van der Waals surface area contributed by atoms with E-state index in [-0.39, 0.29) is 12.9 Å². The Hall–Kier alpha value is -2.54. The van der Waals surface area contributed by atoms with Gasteiger partial charge in [0.2, 0.25) is 0 Å². The van der Waals surface area contributed by atoms with E-state index in [1.165, 1.54) is 50.7 Å². The summed E-state index contributed by atoms with van der Waals surface area (Å²) >= 11 is 0. The largest absolute Gasteiger partial charge is 0.378 e. The van der Waals surface area contributed by atoms with E-state index in [0.29, 0.717) is 5.92 Å². The number of hydrogen-bond acceptors (Lipinski definition) is 1. The van der Waals surface area contributed by atoms with Gasteiger partial charge in [0.05, 0.1) is 6.04 Å². The van der Waals surface area contributed by atoms with Gasteiger partial charge < -0.3 is 5.32 Å². The molecule has 2 aliphatic rings. The summed E-state index contributed by atoms with van der Waals surface area (Å²) in [6.07, 6.45) is 10.7. The van der Waals surface area contributed by atoms with Gasteiger partial charge in [-0.3, -0.25) is 0 Å². The fraction of sp³-hybridized carbons (Fsp3) is 0.379. The number of benzene rings is 2. The minimum Gasteiger partial charge on any atom is -0.378 e. The van der Waals surface area contributed by atoms with Crippen LogP contribution in [0.15, 0.2) is 67.3 Å². The predicted molar refractivity (Wildman–Crippen MR) is 138 cm³/mol. The number of nitrogens with one attached hydrogen (secondary N) is 1. The van der Waals surface area contributed by atoms with Gasteiger partial charge in [-0.25, -0.2) is 0 Å². The van der Waals surface area contributed by atoms with Crippen molar-refractivity contribution in [2.45, 2.75) is 71.8 Å². The highest BCUT2D eigenvalue weighted by molar-refractivity contribution is 6.05. The van der Waals surface area contributed by atoms with Crippen LogP contribution in [-0.4, -0.2) is 6.04 Å². The second-order valence-electron chi connectivity index (χ2n) is 9.01. The van der Waals surface area contributed by atoms with E-state index in [2.05, 4.69) is 103 Å². The molecule has 0 amide bonds. The molecule has 2 aromatic carbocycles. The van der Waals surface area contributed by atoms with Crippen LogP contribution >= 0.6 is 0 Å². The summed E-state index contributed by atoms with van der Waals surface area (Å²) < 4.78 is 0. The van der Waals surface area contributed by atoms with Gasteiger partial charge >= 0.3 is 0 Å². The van der Waals surface area contributed by atoms with Crippen molar-refractivity contribution in [1.82, 2.24) is 0 Å². The van der Waals surface area contributed by atoms with Gasteiger partial charge in [-0.2, -0.15) is 0 Å². The molecule has 2 unspecified atom stereocenters. The molecule has 2 atom stereocenters. The monoisotopic (exact) mass is 401 g/mol. The summed E-state index contributed by atoms with van der Waals surface area (Å²) in [5.41, 5.74) is 8.26. The highest BCUT2D eigenvalue weighted by Gasteiger charge is 2.38. The SMILES string of the molecule is C=CC1=C(C/C=C\C)c2c3c(cc4cccc(c24)C1(C)C)NC(C=C)C3C.CCC.[HH]. The fourth-order valence-electron chi connectivity index (χ4n) is 5.13. The highest BCUT2D eigenvalue weighted by atomic mass is 15.0. The molecule has 0 fully saturated rings. The first-order valence-corrected chi connectivity index (χ1v) is 11.3. The van der Waals surface area contributed by atoms with Gasteiger partial charge in [0.15, 0.2) is 0 Å². The Balaban J connectivity index is 0.000000808. The van der Waals surface area contributed by atoms with Crippen LogP contribution in [0, 0.1) is 0 Å². The van der Waals surface area contributed by atoms with Crippen molar-refractivity contribution in [1.29, 1.82) is 0 Å². The molecule has 0 bridgehead atoms. The van der Waals surface area contributed by atoms with Gasteiger partial charge in [-0.05, 0) is 58.0 Å². The summed E-state index contributed by atoms with van der Waals surface area (Å²) in [5, 5.41) is 6.43. The zero-order valence-electron chi connectivity index (χ0n) is 19.6. The molecule has 1 aliphatic heterocycles. The van der Waals surface area contributed by atoms with Crippen LogP contribution in [0.2, 0.25) is 0 Å². The number of allylic oxidation sites excluding steroid dienone is 5. The Morgan fingerprint density at radius 1 is 1.20 bits per heavy atom. The van der Waals surface area contributed by atoms with E-state index < -0.39 is 0 Å². The number of fused-ring (bicyclic) bond motifs is 2. The molecule has 2 aromatic rings. The van der Waals surface area contributed by atoms with Gasteiger partial charge in [0.1, 0.15) is 0 Å². The Kier molecular flexibility index (Phi) is 6.41. The zero-order chi connectivity index (χ0) is 22.1. The molecule has 0 radical (unpaired) electrons. The maximum absolute atomic E-state index is 4.21. The smallest absolute Gasteiger partial charge is 0.0508 e. The van der Waals surface area contributed by atoms with E-state index >= 15 is 0 Å². The Morgan fingerprint density at radius 3 is 2.50 bits per heavy atom. The average molecular weight is 402 g/mol. The van der Waals surface area contributed by atoms with Gasteiger partial charge in [0, 0.05) is 18.4 Å². The lowest BCUT2D eigenvalue weighted by Crippen LogP contribution is -2.25. The van der Waals surface area contributed by atoms with Crippen molar-refractivity contribution in [3.05, 3.63) is 84.0 Å². The Bertz CT molecular complexity index is 1040. The maximum Gasteiger partial charge on any atom is 0.0508 e. The third-order valence-corrected chi connectivity index (χ3v) is 6.51. The minimum absolute atomic E-state index is 0. The summed E-state index contributed by atoms with van der Waals surface area (Å²) in [4.78, 5) is 0. The molecule has 4 rings (SSSR count). The normalized spacial score (nSPS) is 21.1. The van der Waals surface area contributed by atoms with Crippen molar-refractivity contribution < 1.29 is 1.43 Å². The quantitative estimate of drug-likeness (QED) is 0.505. The first-order valence-electron chi connectivity index (χ1n) is 11.3. The Labute approximate surface area is 184 Å². The van der Waals surface area contributed by atoms with E-state index in [1.807, 2.05) is 6.08 Å². The second-order valence-corrected chi connectivity index (χ2v) is 9.01. The second kappa shape index (κ2) is 8.68. The fourth-order valence-corrected chi connectivity index (χ4v) is 5.13.